The van der Waals surface area contributed by atoms with Crippen LogP contribution in [0.5, 0.6) is 0 Å². The Bertz CT molecular complexity index is 1450. The molecule has 0 spiro atoms. The summed E-state index contributed by atoms with van der Waals surface area (Å²) in [5, 5.41) is 18.1. The molecule has 1 heterocycles. The van der Waals surface area contributed by atoms with Gasteiger partial charge in [-0.05, 0) is 51.2 Å². The van der Waals surface area contributed by atoms with Gasteiger partial charge in [0.1, 0.15) is 22.5 Å². The normalized spacial score (nSPS) is 19.0. The smallest absolute Gasteiger partial charge is 0.408 e. The number of carbonyl (C=O) groups excluding carboxylic acids is 4. The van der Waals surface area contributed by atoms with Crippen molar-refractivity contribution in [3.8, 4) is 0 Å². The molecule has 14 heteroatoms. The van der Waals surface area contributed by atoms with Crippen molar-refractivity contribution in [2.45, 2.75) is 81.8 Å². The van der Waals surface area contributed by atoms with Crippen LogP contribution in [0.3, 0.4) is 0 Å². The number of likely N-dealkylation sites (tertiary alicyclic amines) is 1. The number of nitrogens with zero attached hydrogens (tertiary/aromatic N) is 1. The highest BCUT2D eigenvalue weighted by atomic mass is 35.5. The summed E-state index contributed by atoms with van der Waals surface area (Å²) in [5.74, 6) is -2.93. The van der Waals surface area contributed by atoms with Crippen LogP contribution in [0.4, 0.5) is 4.79 Å². The molecule has 1 aliphatic heterocycles. The predicted octanol–water partition coefficient (Wildman–Crippen LogP) is 1.93. The number of sulfone groups is 1. The summed E-state index contributed by atoms with van der Waals surface area (Å²) in [6, 6.07) is 14.2. The van der Waals surface area contributed by atoms with E-state index in [4.69, 9.17) is 16.3 Å². The summed E-state index contributed by atoms with van der Waals surface area (Å²) in [5.41, 5.74) is 0.952. The number of benzene rings is 2. The van der Waals surface area contributed by atoms with Crippen LogP contribution in [0.2, 0.25) is 0 Å². The van der Waals surface area contributed by atoms with Crippen molar-refractivity contribution >= 4 is 45.3 Å². The lowest BCUT2D eigenvalue weighted by molar-refractivity contribution is -0.139. The monoisotopic (exact) mass is 678 g/mol. The van der Waals surface area contributed by atoms with Gasteiger partial charge < -0.3 is 20.5 Å². The first kappa shape index (κ1) is 36.9. The predicted molar refractivity (Wildman–Crippen MR) is 174 cm³/mol. The number of nitrogens with one attached hydrogen (secondary N) is 3. The molecule has 12 nitrogen and oxygen atoms in total. The fraction of sp³-hybridized carbons (Fsp3) is 0.500. The Labute approximate surface area is 275 Å². The third kappa shape index (κ3) is 11.7. The number of alkyl halides is 1. The lowest BCUT2D eigenvalue weighted by atomic mass is 9.99. The minimum absolute atomic E-state index is 0.0199. The highest BCUT2D eigenvalue weighted by Crippen LogP contribution is 2.29. The number of halogens is 1. The zero-order valence-electron chi connectivity index (χ0n) is 26.4. The first-order chi connectivity index (χ1) is 21.5. The second kappa shape index (κ2) is 16.3. The van der Waals surface area contributed by atoms with E-state index in [2.05, 4.69) is 16.0 Å². The van der Waals surface area contributed by atoms with E-state index >= 15 is 0 Å². The van der Waals surface area contributed by atoms with Crippen LogP contribution in [0.1, 0.15) is 44.7 Å². The number of amides is 4. The zero-order valence-corrected chi connectivity index (χ0v) is 28.0. The molecule has 5 atom stereocenters. The van der Waals surface area contributed by atoms with Gasteiger partial charge in [-0.15, -0.1) is 11.6 Å². The molecule has 0 bridgehead atoms. The van der Waals surface area contributed by atoms with Crippen LogP contribution in [0, 0.1) is 0 Å². The minimum Gasteiger partial charge on any atom is -0.445 e. The Kier molecular flexibility index (Phi) is 13.1. The Balaban J connectivity index is 1.77. The molecule has 0 aliphatic carbocycles. The lowest BCUT2D eigenvalue weighted by Crippen LogP contribution is -2.58. The molecule has 2 aromatic carbocycles. The fourth-order valence-electron chi connectivity index (χ4n) is 5.14. The molecule has 1 aliphatic rings. The third-order valence-corrected chi connectivity index (χ3v) is 8.83. The molecule has 4 amide bonds. The van der Waals surface area contributed by atoms with E-state index in [1.807, 2.05) is 25.7 Å². The molecule has 252 valence electrons. The average Bonchev–Trinajstić information content (AvgIpc) is 3.40. The molecule has 0 aromatic heterocycles. The molecule has 3 rings (SSSR count). The van der Waals surface area contributed by atoms with Gasteiger partial charge in [0, 0.05) is 23.7 Å². The van der Waals surface area contributed by atoms with Crippen molar-refractivity contribution in [1.29, 1.82) is 0 Å². The molecule has 46 heavy (non-hydrogen) atoms. The third-order valence-electron chi connectivity index (χ3n) is 7.54. The summed E-state index contributed by atoms with van der Waals surface area (Å²) in [4.78, 5) is 54.4. The largest absolute Gasteiger partial charge is 0.445 e. The van der Waals surface area contributed by atoms with E-state index in [9.17, 15) is 32.7 Å². The number of ether oxygens (including phenoxy) is 1. The molecule has 0 saturated carbocycles. The quantitative estimate of drug-likeness (QED) is 0.231. The van der Waals surface area contributed by atoms with Gasteiger partial charge in [0.05, 0.1) is 17.8 Å². The van der Waals surface area contributed by atoms with Gasteiger partial charge in [-0.2, -0.15) is 0 Å². The van der Waals surface area contributed by atoms with Crippen molar-refractivity contribution in [3.05, 3.63) is 71.8 Å². The number of hydrogen-bond acceptors (Lipinski definition) is 9. The van der Waals surface area contributed by atoms with Gasteiger partial charge >= 0.3 is 6.09 Å². The standard InChI is InChI=1S/C32H43ClN4O8S/c1-32(2,3)37-19-23(33)18-26(37)29(40)36-30(41)27(38)25(17-21-11-7-5-8-12-21)34-28(39)24(15-16-46(4,43)44)35-31(42)45-20-22-13-9-6-10-14-22/h5-14,23-27,38H,15-20H2,1-4H3,(H,34,39)(H,35,42)(H,36,40,41)/t23-,24-,25-,26-,27-/m0/s1. The van der Waals surface area contributed by atoms with Crippen molar-refractivity contribution in [1.82, 2.24) is 20.9 Å². The maximum atomic E-state index is 13.5. The highest BCUT2D eigenvalue weighted by molar-refractivity contribution is 7.90. The molecule has 4 N–H and O–H groups in total. The molecule has 1 fully saturated rings. The van der Waals surface area contributed by atoms with Crippen molar-refractivity contribution < 1.29 is 37.4 Å². The Morgan fingerprint density at radius 2 is 1.57 bits per heavy atom. The van der Waals surface area contributed by atoms with Gasteiger partial charge in [0.25, 0.3) is 5.91 Å². The van der Waals surface area contributed by atoms with Gasteiger partial charge in [-0.25, -0.2) is 13.2 Å². The van der Waals surface area contributed by atoms with Crippen LogP contribution >= 0.6 is 11.6 Å². The van der Waals surface area contributed by atoms with Crippen LogP contribution in [-0.4, -0.2) is 95.9 Å². The minimum atomic E-state index is -3.53. The van der Waals surface area contributed by atoms with Gasteiger partial charge in [0.15, 0.2) is 6.10 Å². The first-order valence-electron chi connectivity index (χ1n) is 15.0. The van der Waals surface area contributed by atoms with E-state index in [-0.39, 0.29) is 24.8 Å². The molecular formula is C32H43ClN4O8S. The lowest BCUT2D eigenvalue weighted by Gasteiger charge is -2.36. The second-order valence-corrected chi connectivity index (χ2v) is 15.3. The summed E-state index contributed by atoms with van der Waals surface area (Å²) in [6.07, 6.45) is -1.85. The van der Waals surface area contributed by atoms with E-state index < -0.39 is 69.2 Å². The zero-order chi connectivity index (χ0) is 34.1. The highest BCUT2D eigenvalue weighted by Gasteiger charge is 2.42. The number of carbonyl (C=O) groups is 4. The number of alkyl carbamates (subject to hydrolysis) is 1. The Morgan fingerprint density at radius 1 is 0.978 bits per heavy atom. The summed E-state index contributed by atoms with van der Waals surface area (Å²) >= 11 is 6.34. The maximum Gasteiger partial charge on any atom is 0.408 e. The number of rotatable bonds is 13. The van der Waals surface area contributed by atoms with E-state index in [1.54, 1.807) is 60.7 Å². The maximum absolute atomic E-state index is 13.5. The van der Waals surface area contributed by atoms with Crippen molar-refractivity contribution in [2.24, 2.45) is 0 Å². The number of hydrogen-bond donors (Lipinski definition) is 4. The van der Waals surface area contributed by atoms with Crippen LogP contribution in [0.25, 0.3) is 0 Å². The van der Waals surface area contributed by atoms with Crippen LogP contribution in [0.15, 0.2) is 60.7 Å². The van der Waals surface area contributed by atoms with Crippen molar-refractivity contribution in [2.75, 3.05) is 18.6 Å². The van der Waals surface area contributed by atoms with Gasteiger partial charge in [0.2, 0.25) is 11.8 Å². The number of aliphatic hydroxyl groups is 1. The summed E-state index contributed by atoms with van der Waals surface area (Å²) in [6.45, 7) is 6.14. The fourth-order valence-corrected chi connectivity index (χ4v) is 6.12. The molecule has 0 unspecified atom stereocenters. The van der Waals surface area contributed by atoms with E-state index in [0.29, 0.717) is 24.1 Å². The SMILES string of the molecule is CC(C)(C)N1C[C@@H](Cl)C[C@H]1C(=O)NC(=O)[C@@H](O)[C@H](Cc1ccccc1)NC(=O)[C@H](CCS(C)(=O)=O)NC(=O)OCc1ccccc1. The Hall–Kier alpha value is -3.52. The topological polar surface area (TPSA) is 171 Å². The number of imide groups is 1. The summed E-state index contributed by atoms with van der Waals surface area (Å²) in [7, 11) is -3.53. The molecule has 0 radical (unpaired) electrons. The van der Waals surface area contributed by atoms with Crippen LogP contribution < -0.4 is 16.0 Å². The molecular weight excluding hydrogens is 636 g/mol. The summed E-state index contributed by atoms with van der Waals surface area (Å²) < 4.78 is 29.1. The van der Waals surface area contributed by atoms with Gasteiger partial charge in [-0.3, -0.25) is 24.6 Å². The van der Waals surface area contributed by atoms with Crippen molar-refractivity contribution in [3.63, 3.8) is 0 Å². The number of aliphatic hydroxyl groups excluding tert-OH is 1. The van der Waals surface area contributed by atoms with Gasteiger partial charge in [-0.1, -0.05) is 60.7 Å². The second-order valence-electron chi connectivity index (χ2n) is 12.5. The van der Waals surface area contributed by atoms with Crippen LogP contribution in [-0.2, 0) is 42.0 Å². The van der Waals surface area contributed by atoms with E-state index in [1.165, 1.54) is 0 Å². The van der Waals surface area contributed by atoms with E-state index in [0.717, 1.165) is 6.26 Å². The Morgan fingerprint density at radius 3 is 2.13 bits per heavy atom. The molecule has 1 saturated heterocycles. The molecule has 2 aromatic rings. The first-order valence-corrected chi connectivity index (χ1v) is 17.5. The average molecular weight is 679 g/mol.